The SMILES string of the molecule is C=C1C=CC(=C)[C@H](N)CC1. The van der Waals surface area contributed by atoms with Gasteiger partial charge in [0.1, 0.15) is 0 Å². The van der Waals surface area contributed by atoms with Gasteiger partial charge in [-0.2, -0.15) is 0 Å². The van der Waals surface area contributed by atoms with E-state index >= 15 is 0 Å². The highest BCUT2D eigenvalue weighted by Gasteiger charge is 2.07. The molecule has 0 amide bonds. The Kier molecular flexibility index (Phi) is 2.07. The van der Waals surface area contributed by atoms with Crippen molar-refractivity contribution >= 4 is 0 Å². The molecule has 0 spiro atoms. The van der Waals surface area contributed by atoms with Crippen molar-refractivity contribution in [1.82, 2.24) is 0 Å². The number of allylic oxidation sites excluding steroid dienone is 2. The van der Waals surface area contributed by atoms with Gasteiger partial charge in [0.15, 0.2) is 0 Å². The Bertz CT molecular complexity index is 189. The molecule has 0 heterocycles. The molecule has 0 saturated heterocycles. The van der Waals surface area contributed by atoms with E-state index in [9.17, 15) is 0 Å². The van der Waals surface area contributed by atoms with Crippen LogP contribution in [-0.2, 0) is 0 Å². The molecule has 0 bridgehead atoms. The van der Waals surface area contributed by atoms with Gasteiger partial charge in [-0.25, -0.2) is 0 Å². The molecule has 0 aromatic carbocycles. The number of hydrogen-bond acceptors (Lipinski definition) is 1. The lowest BCUT2D eigenvalue weighted by Crippen LogP contribution is -2.19. The van der Waals surface area contributed by atoms with E-state index < -0.39 is 0 Å². The van der Waals surface area contributed by atoms with E-state index in [4.69, 9.17) is 5.73 Å². The molecule has 0 unspecified atom stereocenters. The molecule has 1 aliphatic carbocycles. The van der Waals surface area contributed by atoms with E-state index in [-0.39, 0.29) is 6.04 Å². The van der Waals surface area contributed by atoms with E-state index in [2.05, 4.69) is 13.2 Å². The lowest BCUT2D eigenvalue weighted by molar-refractivity contribution is 0.712. The van der Waals surface area contributed by atoms with Crippen LogP contribution in [0, 0.1) is 0 Å². The van der Waals surface area contributed by atoms with E-state index in [1.54, 1.807) is 0 Å². The normalized spacial score (nSPS) is 26.7. The van der Waals surface area contributed by atoms with Gasteiger partial charge in [-0.3, -0.25) is 0 Å². The highest BCUT2D eigenvalue weighted by molar-refractivity contribution is 5.30. The standard InChI is InChI=1S/C9H13N/c1-7-3-5-8(2)9(10)6-4-7/h3,5,9H,1-2,4,6,10H2/t9-/m1/s1. The molecule has 54 valence electrons. The van der Waals surface area contributed by atoms with Crippen molar-refractivity contribution in [2.45, 2.75) is 18.9 Å². The topological polar surface area (TPSA) is 26.0 Å². The van der Waals surface area contributed by atoms with E-state index in [0.29, 0.717) is 0 Å². The van der Waals surface area contributed by atoms with Gasteiger partial charge in [-0.1, -0.05) is 30.9 Å². The van der Waals surface area contributed by atoms with Crippen LogP contribution >= 0.6 is 0 Å². The van der Waals surface area contributed by atoms with Crippen molar-refractivity contribution in [2.24, 2.45) is 5.73 Å². The first-order valence-corrected chi connectivity index (χ1v) is 3.50. The molecule has 0 aromatic heterocycles. The summed E-state index contributed by atoms with van der Waals surface area (Å²) < 4.78 is 0. The van der Waals surface area contributed by atoms with Crippen LogP contribution in [0.3, 0.4) is 0 Å². The minimum absolute atomic E-state index is 0.135. The molecule has 1 nitrogen and oxygen atoms in total. The number of nitrogens with two attached hydrogens (primary N) is 1. The van der Waals surface area contributed by atoms with E-state index in [1.807, 2.05) is 12.2 Å². The molecule has 1 aliphatic rings. The van der Waals surface area contributed by atoms with Gasteiger partial charge in [0, 0.05) is 6.04 Å². The Morgan fingerprint density at radius 1 is 1.40 bits per heavy atom. The molecule has 1 heteroatoms. The summed E-state index contributed by atoms with van der Waals surface area (Å²) in [6, 6.07) is 0.135. The number of rotatable bonds is 0. The average molecular weight is 135 g/mol. The Morgan fingerprint density at radius 2 is 2.10 bits per heavy atom. The van der Waals surface area contributed by atoms with Crippen LogP contribution < -0.4 is 5.73 Å². The summed E-state index contributed by atoms with van der Waals surface area (Å²) >= 11 is 0. The van der Waals surface area contributed by atoms with Crippen molar-refractivity contribution in [3.8, 4) is 0 Å². The van der Waals surface area contributed by atoms with Crippen LogP contribution in [0.25, 0.3) is 0 Å². The summed E-state index contributed by atoms with van der Waals surface area (Å²) in [5, 5.41) is 0. The second kappa shape index (κ2) is 2.84. The minimum Gasteiger partial charge on any atom is -0.324 e. The van der Waals surface area contributed by atoms with Crippen LogP contribution in [0.5, 0.6) is 0 Å². The lowest BCUT2D eigenvalue weighted by atomic mass is 10.1. The molecule has 1 rings (SSSR count). The molecule has 1 atom stereocenters. The van der Waals surface area contributed by atoms with Crippen LogP contribution in [0.4, 0.5) is 0 Å². The summed E-state index contributed by atoms with van der Waals surface area (Å²) in [5.41, 5.74) is 7.91. The van der Waals surface area contributed by atoms with Crippen LogP contribution in [-0.4, -0.2) is 6.04 Å². The van der Waals surface area contributed by atoms with Crippen molar-refractivity contribution in [1.29, 1.82) is 0 Å². The zero-order valence-electron chi connectivity index (χ0n) is 6.14. The summed E-state index contributed by atoms with van der Waals surface area (Å²) in [7, 11) is 0. The summed E-state index contributed by atoms with van der Waals surface area (Å²) in [5.74, 6) is 0. The van der Waals surface area contributed by atoms with Crippen LogP contribution in [0.2, 0.25) is 0 Å². The monoisotopic (exact) mass is 135 g/mol. The fourth-order valence-corrected chi connectivity index (χ4v) is 0.958. The zero-order chi connectivity index (χ0) is 7.56. The van der Waals surface area contributed by atoms with Crippen molar-refractivity contribution in [3.05, 3.63) is 36.5 Å². The van der Waals surface area contributed by atoms with E-state index in [0.717, 1.165) is 24.0 Å². The van der Waals surface area contributed by atoms with Crippen LogP contribution in [0.1, 0.15) is 12.8 Å². The van der Waals surface area contributed by atoms with Gasteiger partial charge in [0.05, 0.1) is 0 Å². The third-order valence-corrected chi connectivity index (χ3v) is 1.79. The van der Waals surface area contributed by atoms with Gasteiger partial charge in [-0.15, -0.1) is 0 Å². The first kappa shape index (κ1) is 7.29. The predicted molar refractivity (Wildman–Crippen MR) is 44.6 cm³/mol. The Morgan fingerprint density at radius 3 is 2.80 bits per heavy atom. The van der Waals surface area contributed by atoms with Gasteiger partial charge >= 0.3 is 0 Å². The Hall–Kier alpha value is -0.820. The lowest BCUT2D eigenvalue weighted by Gasteiger charge is -2.06. The van der Waals surface area contributed by atoms with Crippen molar-refractivity contribution in [3.63, 3.8) is 0 Å². The zero-order valence-corrected chi connectivity index (χ0v) is 6.14. The highest BCUT2D eigenvalue weighted by Crippen LogP contribution is 2.16. The average Bonchev–Trinajstić information content (AvgIpc) is 2.04. The minimum atomic E-state index is 0.135. The maximum Gasteiger partial charge on any atom is 0.0292 e. The van der Waals surface area contributed by atoms with Gasteiger partial charge in [-0.05, 0) is 18.4 Å². The maximum atomic E-state index is 5.75. The third-order valence-electron chi connectivity index (χ3n) is 1.79. The smallest absolute Gasteiger partial charge is 0.0292 e. The van der Waals surface area contributed by atoms with Crippen LogP contribution in [0.15, 0.2) is 36.5 Å². The van der Waals surface area contributed by atoms with Gasteiger partial charge in [0.2, 0.25) is 0 Å². The molecule has 0 fully saturated rings. The number of hydrogen-bond donors (Lipinski definition) is 1. The fraction of sp³-hybridized carbons (Fsp3) is 0.333. The predicted octanol–water partition coefficient (Wildman–Crippen LogP) is 1.78. The molecule has 0 saturated carbocycles. The van der Waals surface area contributed by atoms with Crippen molar-refractivity contribution < 1.29 is 0 Å². The van der Waals surface area contributed by atoms with E-state index in [1.165, 1.54) is 0 Å². The molecular weight excluding hydrogens is 122 g/mol. The molecule has 2 N–H and O–H groups in total. The second-order valence-corrected chi connectivity index (χ2v) is 2.71. The molecule has 10 heavy (non-hydrogen) atoms. The first-order chi connectivity index (χ1) is 4.70. The Balaban J connectivity index is 2.71. The molecule has 0 radical (unpaired) electrons. The molecule has 0 aromatic rings. The first-order valence-electron chi connectivity index (χ1n) is 3.50. The quantitative estimate of drug-likeness (QED) is 0.538. The Labute approximate surface area is 61.9 Å². The summed E-state index contributed by atoms with van der Waals surface area (Å²) in [4.78, 5) is 0. The largest absolute Gasteiger partial charge is 0.324 e. The molecular formula is C9H13N. The fourth-order valence-electron chi connectivity index (χ4n) is 0.958. The molecule has 0 aliphatic heterocycles. The highest BCUT2D eigenvalue weighted by atomic mass is 14.6. The maximum absolute atomic E-state index is 5.75. The third kappa shape index (κ3) is 1.58. The van der Waals surface area contributed by atoms with Crippen molar-refractivity contribution in [2.75, 3.05) is 0 Å². The van der Waals surface area contributed by atoms with Gasteiger partial charge in [0.25, 0.3) is 0 Å². The summed E-state index contributed by atoms with van der Waals surface area (Å²) in [6.07, 6.45) is 5.93. The summed E-state index contributed by atoms with van der Waals surface area (Å²) in [6.45, 7) is 7.70. The van der Waals surface area contributed by atoms with Gasteiger partial charge < -0.3 is 5.73 Å². The second-order valence-electron chi connectivity index (χ2n) is 2.71.